The van der Waals surface area contributed by atoms with Crippen LogP contribution in [0.5, 0.6) is 0 Å². The molecule has 64 valence electrons. The van der Waals surface area contributed by atoms with Gasteiger partial charge in [-0.15, -0.1) is 0 Å². The maximum Gasteiger partial charge on any atom is 0.138 e. The highest BCUT2D eigenvalue weighted by atomic mass is 19.1. The lowest BCUT2D eigenvalue weighted by molar-refractivity contribution is 0.294. The van der Waals surface area contributed by atoms with E-state index in [1.807, 2.05) is 24.3 Å². The minimum Gasteiger partial charge on any atom is -0.307 e. The first-order valence-electron chi connectivity index (χ1n) is 4.25. The number of alkyl halides is 1. The van der Waals surface area contributed by atoms with Crippen LogP contribution >= 0.6 is 0 Å². The first-order chi connectivity index (χ1) is 5.79. The van der Waals surface area contributed by atoms with Crippen molar-refractivity contribution in [2.75, 3.05) is 6.54 Å². The van der Waals surface area contributed by atoms with Gasteiger partial charge in [0.2, 0.25) is 0 Å². The van der Waals surface area contributed by atoms with E-state index in [2.05, 4.69) is 12.2 Å². The molecule has 1 heterocycles. The average molecular weight is 165 g/mol. The van der Waals surface area contributed by atoms with E-state index < -0.39 is 6.17 Å². The molecule has 0 saturated carbocycles. The van der Waals surface area contributed by atoms with E-state index in [4.69, 9.17) is 0 Å². The van der Waals surface area contributed by atoms with E-state index >= 15 is 0 Å². The van der Waals surface area contributed by atoms with Gasteiger partial charge in [-0.2, -0.15) is 0 Å². The Morgan fingerprint density at radius 3 is 2.67 bits per heavy atom. The van der Waals surface area contributed by atoms with Crippen molar-refractivity contribution < 1.29 is 4.39 Å². The largest absolute Gasteiger partial charge is 0.307 e. The van der Waals surface area contributed by atoms with Crippen LogP contribution in [0, 0.1) is 0 Å². The summed E-state index contributed by atoms with van der Waals surface area (Å²) in [6, 6.07) is 7.99. The van der Waals surface area contributed by atoms with Crippen LogP contribution in [-0.2, 0) is 0 Å². The van der Waals surface area contributed by atoms with Crippen LogP contribution in [0.25, 0.3) is 0 Å². The lowest BCUT2D eigenvalue weighted by Crippen LogP contribution is -2.29. The number of hydrogen-bond acceptors (Lipinski definition) is 1. The summed E-state index contributed by atoms with van der Waals surface area (Å²) in [4.78, 5) is 0. The Kier molecular flexibility index (Phi) is 1.85. The maximum atomic E-state index is 13.3. The monoisotopic (exact) mass is 165 g/mol. The molecular weight excluding hydrogens is 153 g/mol. The Hall–Kier alpha value is -0.890. The van der Waals surface area contributed by atoms with Crippen LogP contribution in [0.4, 0.5) is 4.39 Å². The normalized spacial score (nSPS) is 28.2. The second-order valence-corrected chi connectivity index (χ2v) is 3.23. The molecule has 0 aliphatic carbocycles. The number of hydrogen-bond donors (Lipinski definition) is 1. The van der Waals surface area contributed by atoms with Crippen LogP contribution in [-0.4, -0.2) is 6.54 Å². The molecule has 0 spiro atoms. The second-order valence-electron chi connectivity index (χ2n) is 3.23. The highest BCUT2D eigenvalue weighted by Gasteiger charge is 2.22. The summed E-state index contributed by atoms with van der Waals surface area (Å²) in [7, 11) is 0. The molecular formula is C10H12FN. The molecule has 2 heteroatoms. The van der Waals surface area contributed by atoms with Gasteiger partial charge in [0, 0.05) is 12.6 Å². The average Bonchev–Trinajstić information content (AvgIpc) is 2.12. The highest BCUT2D eigenvalue weighted by Crippen LogP contribution is 2.29. The van der Waals surface area contributed by atoms with Crippen LogP contribution in [0.15, 0.2) is 24.3 Å². The van der Waals surface area contributed by atoms with Crippen molar-refractivity contribution in [1.29, 1.82) is 0 Å². The van der Waals surface area contributed by atoms with Crippen molar-refractivity contribution in [3.8, 4) is 0 Å². The molecule has 0 aromatic heterocycles. The fourth-order valence-corrected chi connectivity index (χ4v) is 1.69. The molecule has 12 heavy (non-hydrogen) atoms. The third-order valence-electron chi connectivity index (χ3n) is 2.40. The Labute approximate surface area is 71.6 Å². The summed E-state index contributed by atoms with van der Waals surface area (Å²) in [5.41, 5.74) is 1.94. The molecule has 2 rings (SSSR count). The van der Waals surface area contributed by atoms with Crippen molar-refractivity contribution in [3.05, 3.63) is 35.4 Å². The van der Waals surface area contributed by atoms with E-state index in [0.29, 0.717) is 6.54 Å². The molecule has 2 atom stereocenters. The Bertz CT molecular complexity index is 256. The van der Waals surface area contributed by atoms with E-state index in [1.165, 1.54) is 0 Å². The van der Waals surface area contributed by atoms with Crippen molar-refractivity contribution in [2.45, 2.75) is 19.1 Å². The van der Waals surface area contributed by atoms with Gasteiger partial charge in [-0.25, -0.2) is 4.39 Å². The molecule has 0 saturated heterocycles. The third kappa shape index (κ3) is 1.12. The van der Waals surface area contributed by atoms with E-state index in [0.717, 1.165) is 11.1 Å². The minimum atomic E-state index is -0.836. The summed E-state index contributed by atoms with van der Waals surface area (Å²) in [5, 5.41) is 3.11. The fraction of sp³-hybridized carbons (Fsp3) is 0.400. The third-order valence-corrected chi connectivity index (χ3v) is 2.40. The number of benzene rings is 1. The van der Waals surface area contributed by atoms with Crippen molar-refractivity contribution in [3.63, 3.8) is 0 Å². The first kappa shape index (κ1) is 7.74. The summed E-state index contributed by atoms with van der Waals surface area (Å²) >= 11 is 0. The van der Waals surface area contributed by atoms with E-state index in [-0.39, 0.29) is 6.04 Å². The van der Waals surface area contributed by atoms with Crippen LogP contribution in [0.2, 0.25) is 0 Å². The molecule has 1 aliphatic heterocycles. The highest BCUT2D eigenvalue weighted by molar-refractivity contribution is 5.33. The fourth-order valence-electron chi connectivity index (χ4n) is 1.69. The second kappa shape index (κ2) is 2.87. The van der Waals surface area contributed by atoms with Gasteiger partial charge in [-0.05, 0) is 18.1 Å². The van der Waals surface area contributed by atoms with Gasteiger partial charge >= 0.3 is 0 Å². The van der Waals surface area contributed by atoms with Gasteiger partial charge < -0.3 is 5.32 Å². The standard InChI is InChI=1S/C10H12FN/c1-7-8-4-2-3-5-9(8)10(11)6-12-7/h2-5,7,10,12H,6H2,1H3/t7-,10+/m1/s1. The summed E-state index contributed by atoms with van der Waals surface area (Å²) in [6.45, 7) is 2.50. The van der Waals surface area contributed by atoms with Crippen molar-refractivity contribution >= 4 is 0 Å². The molecule has 0 amide bonds. The SMILES string of the molecule is C[C@H]1NC[C@H](F)c2ccccc21. The van der Waals surface area contributed by atoms with Crippen LogP contribution < -0.4 is 5.32 Å². The zero-order valence-electron chi connectivity index (χ0n) is 7.05. The first-order valence-corrected chi connectivity index (χ1v) is 4.25. The molecule has 1 aliphatic rings. The molecule has 0 unspecified atom stereocenters. The molecule has 1 aromatic rings. The van der Waals surface area contributed by atoms with Gasteiger partial charge in [0.15, 0.2) is 0 Å². The zero-order chi connectivity index (χ0) is 8.55. The topological polar surface area (TPSA) is 12.0 Å². The maximum absolute atomic E-state index is 13.3. The van der Waals surface area contributed by atoms with Crippen molar-refractivity contribution in [2.24, 2.45) is 0 Å². The number of fused-ring (bicyclic) bond motifs is 1. The Morgan fingerprint density at radius 2 is 2.00 bits per heavy atom. The Balaban J connectivity index is 2.47. The van der Waals surface area contributed by atoms with Crippen molar-refractivity contribution in [1.82, 2.24) is 5.32 Å². The molecule has 0 bridgehead atoms. The van der Waals surface area contributed by atoms with E-state index in [1.54, 1.807) is 0 Å². The molecule has 1 N–H and O–H groups in total. The lowest BCUT2D eigenvalue weighted by atomic mass is 9.94. The molecule has 1 aromatic carbocycles. The van der Waals surface area contributed by atoms with Gasteiger partial charge in [0.25, 0.3) is 0 Å². The quantitative estimate of drug-likeness (QED) is 0.622. The van der Waals surface area contributed by atoms with Gasteiger partial charge in [0.05, 0.1) is 0 Å². The predicted octanol–water partition coefficient (Wildman–Crippen LogP) is 2.36. The summed E-state index contributed by atoms with van der Waals surface area (Å²) < 4.78 is 13.3. The van der Waals surface area contributed by atoms with Gasteiger partial charge in [-0.1, -0.05) is 24.3 Å². The number of rotatable bonds is 0. The Morgan fingerprint density at radius 1 is 1.33 bits per heavy atom. The van der Waals surface area contributed by atoms with Gasteiger partial charge in [0.1, 0.15) is 6.17 Å². The molecule has 0 fully saturated rings. The number of nitrogens with one attached hydrogen (secondary N) is 1. The van der Waals surface area contributed by atoms with Gasteiger partial charge in [-0.3, -0.25) is 0 Å². The van der Waals surface area contributed by atoms with Crippen LogP contribution in [0.1, 0.15) is 30.3 Å². The smallest absolute Gasteiger partial charge is 0.138 e. The lowest BCUT2D eigenvalue weighted by Gasteiger charge is -2.26. The van der Waals surface area contributed by atoms with Crippen LogP contribution in [0.3, 0.4) is 0 Å². The summed E-state index contributed by atoms with van der Waals surface area (Å²) in [6.07, 6.45) is -0.836. The number of halogens is 1. The molecule has 1 nitrogen and oxygen atoms in total. The zero-order valence-corrected chi connectivity index (χ0v) is 7.05. The predicted molar refractivity (Wildman–Crippen MR) is 46.7 cm³/mol. The summed E-state index contributed by atoms with van der Waals surface area (Å²) in [5.74, 6) is 0. The van der Waals surface area contributed by atoms with E-state index in [9.17, 15) is 4.39 Å². The molecule has 0 radical (unpaired) electrons. The minimum absolute atomic E-state index is 0.285.